The van der Waals surface area contributed by atoms with Gasteiger partial charge in [-0.2, -0.15) is 0 Å². The molecule has 2 amide bonds. The third-order valence-corrected chi connectivity index (χ3v) is 4.19. The van der Waals surface area contributed by atoms with Crippen molar-refractivity contribution < 1.29 is 9.59 Å². The number of hydrogen-bond donors (Lipinski definition) is 3. The summed E-state index contributed by atoms with van der Waals surface area (Å²) in [4.78, 5) is 23.8. The summed E-state index contributed by atoms with van der Waals surface area (Å²) in [5.41, 5.74) is 9.01. The topological polar surface area (TPSA) is 84.2 Å². The molecule has 120 valence electrons. The highest BCUT2D eigenvalue weighted by atomic mass is 79.9. The van der Waals surface area contributed by atoms with Crippen molar-refractivity contribution in [3.63, 3.8) is 0 Å². The van der Waals surface area contributed by atoms with E-state index in [1.54, 1.807) is 12.1 Å². The quantitative estimate of drug-likeness (QED) is 0.717. The first-order valence-corrected chi connectivity index (χ1v) is 7.92. The number of hydrogen-bond acceptors (Lipinski definition) is 3. The number of rotatable bonds is 4. The summed E-state index contributed by atoms with van der Waals surface area (Å²) in [6.45, 7) is 2.62. The zero-order valence-corrected chi connectivity index (χ0v) is 14.3. The Bertz CT molecular complexity index is 732. The van der Waals surface area contributed by atoms with Crippen molar-refractivity contribution in [1.29, 1.82) is 0 Å². The zero-order valence-electron chi connectivity index (χ0n) is 12.7. The molecule has 2 aromatic rings. The van der Waals surface area contributed by atoms with Gasteiger partial charge in [0.15, 0.2) is 0 Å². The highest BCUT2D eigenvalue weighted by Gasteiger charge is 2.13. The lowest BCUT2D eigenvalue weighted by atomic mass is 10.1. The normalized spacial score (nSPS) is 10.2. The van der Waals surface area contributed by atoms with Gasteiger partial charge in [-0.15, -0.1) is 0 Å². The number of amides is 2. The molecule has 0 aromatic heterocycles. The molecule has 0 heterocycles. The summed E-state index contributed by atoms with van der Waals surface area (Å²) in [5, 5.41) is 5.17. The van der Waals surface area contributed by atoms with Gasteiger partial charge in [-0.25, -0.2) is 0 Å². The van der Waals surface area contributed by atoms with E-state index in [9.17, 15) is 9.59 Å². The molecule has 0 saturated carbocycles. The second-order valence-electron chi connectivity index (χ2n) is 5.12. The van der Waals surface area contributed by atoms with E-state index >= 15 is 0 Å². The van der Waals surface area contributed by atoms with Crippen molar-refractivity contribution in [2.24, 2.45) is 5.73 Å². The van der Waals surface area contributed by atoms with Gasteiger partial charge in [-0.05, 0) is 41.8 Å². The fourth-order valence-corrected chi connectivity index (χ4v) is 2.29. The van der Waals surface area contributed by atoms with E-state index in [0.717, 1.165) is 21.2 Å². The van der Waals surface area contributed by atoms with E-state index in [1.807, 2.05) is 37.3 Å². The van der Waals surface area contributed by atoms with Crippen LogP contribution in [0.3, 0.4) is 0 Å². The molecule has 2 aromatic carbocycles. The average Bonchev–Trinajstić information content (AvgIpc) is 2.56. The van der Waals surface area contributed by atoms with E-state index in [0.29, 0.717) is 12.2 Å². The second-order valence-corrected chi connectivity index (χ2v) is 5.98. The predicted molar refractivity (Wildman–Crippen MR) is 93.7 cm³/mol. The Morgan fingerprint density at radius 2 is 1.83 bits per heavy atom. The van der Waals surface area contributed by atoms with Gasteiger partial charge in [0.1, 0.15) is 0 Å². The predicted octanol–water partition coefficient (Wildman–Crippen LogP) is 2.47. The smallest absolute Gasteiger partial charge is 0.313 e. The van der Waals surface area contributed by atoms with E-state index in [2.05, 4.69) is 26.6 Å². The van der Waals surface area contributed by atoms with Gasteiger partial charge in [0, 0.05) is 23.2 Å². The van der Waals surface area contributed by atoms with E-state index < -0.39 is 11.8 Å². The Morgan fingerprint density at radius 3 is 2.52 bits per heavy atom. The number of benzene rings is 2. The average molecular weight is 376 g/mol. The molecule has 0 aliphatic heterocycles. The number of carbonyl (C=O) groups excluding carboxylic acids is 2. The number of aryl methyl sites for hydroxylation is 1. The van der Waals surface area contributed by atoms with Crippen LogP contribution >= 0.6 is 15.9 Å². The van der Waals surface area contributed by atoms with Crippen LogP contribution in [0.25, 0.3) is 0 Å². The molecule has 6 heteroatoms. The van der Waals surface area contributed by atoms with E-state index in [4.69, 9.17) is 5.73 Å². The van der Waals surface area contributed by atoms with Crippen molar-refractivity contribution in [2.45, 2.75) is 20.0 Å². The SMILES string of the molecule is Cc1cc(NC(=O)C(=O)NCc2cccc(CN)c2)ccc1Br. The lowest BCUT2D eigenvalue weighted by Crippen LogP contribution is -2.35. The monoisotopic (exact) mass is 375 g/mol. The van der Waals surface area contributed by atoms with Crippen molar-refractivity contribution in [3.05, 3.63) is 63.6 Å². The number of carbonyl (C=O) groups is 2. The van der Waals surface area contributed by atoms with Crippen LogP contribution in [0.5, 0.6) is 0 Å². The first-order valence-electron chi connectivity index (χ1n) is 7.13. The Morgan fingerprint density at radius 1 is 1.09 bits per heavy atom. The Kier molecular flexibility index (Phi) is 5.90. The molecule has 0 aliphatic carbocycles. The number of anilines is 1. The van der Waals surface area contributed by atoms with E-state index in [1.165, 1.54) is 0 Å². The molecule has 0 bridgehead atoms. The van der Waals surface area contributed by atoms with Crippen LogP contribution in [0.4, 0.5) is 5.69 Å². The second kappa shape index (κ2) is 7.89. The fourth-order valence-electron chi connectivity index (χ4n) is 2.04. The number of nitrogens with one attached hydrogen (secondary N) is 2. The molecule has 0 aliphatic rings. The maximum atomic E-state index is 11.9. The van der Waals surface area contributed by atoms with Crippen LogP contribution in [0.1, 0.15) is 16.7 Å². The number of halogens is 1. The van der Waals surface area contributed by atoms with Gasteiger partial charge in [0.2, 0.25) is 0 Å². The van der Waals surface area contributed by atoms with Gasteiger partial charge < -0.3 is 16.4 Å². The third-order valence-electron chi connectivity index (χ3n) is 3.30. The molecular weight excluding hydrogens is 358 g/mol. The molecule has 4 N–H and O–H groups in total. The zero-order chi connectivity index (χ0) is 16.8. The minimum Gasteiger partial charge on any atom is -0.344 e. The van der Waals surface area contributed by atoms with Crippen LogP contribution in [0.2, 0.25) is 0 Å². The summed E-state index contributed by atoms with van der Waals surface area (Å²) in [6, 6.07) is 12.9. The van der Waals surface area contributed by atoms with Crippen LogP contribution in [0.15, 0.2) is 46.9 Å². The Hall–Kier alpha value is -2.18. The molecule has 23 heavy (non-hydrogen) atoms. The minimum absolute atomic E-state index is 0.277. The summed E-state index contributed by atoms with van der Waals surface area (Å²) >= 11 is 3.39. The van der Waals surface area contributed by atoms with Crippen molar-refractivity contribution in [2.75, 3.05) is 5.32 Å². The third kappa shape index (κ3) is 4.91. The molecule has 0 fully saturated rings. The van der Waals surface area contributed by atoms with Gasteiger partial charge in [0.05, 0.1) is 0 Å². The summed E-state index contributed by atoms with van der Waals surface area (Å²) in [7, 11) is 0. The van der Waals surface area contributed by atoms with Crippen LogP contribution in [-0.2, 0) is 22.7 Å². The standard InChI is InChI=1S/C17H18BrN3O2/c1-11-7-14(5-6-15(11)18)21-17(23)16(22)20-10-13-4-2-3-12(8-13)9-19/h2-8H,9-10,19H2,1H3,(H,20,22)(H,21,23). The first-order chi connectivity index (χ1) is 11.0. The van der Waals surface area contributed by atoms with Gasteiger partial charge in [0.25, 0.3) is 0 Å². The summed E-state index contributed by atoms with van der Waals surface area (Å²) in [6.07, 6.45) is 0. The summed E-state index contributed by atoms with van der Waals surface area (Å²) < 4.78 is 0.944. The van der Waals surface area contributed by atoms with Gasteiger partial charge in [-0.3, -0.25) is 9.59 Å². The molecule has 0 atom stereocenters. The molecule has 0 spiro atoms. The molecule has 0 unspecified atom stereocenters. The molecule has 0 radical (unpaired) electrons. The van der Waals surface area contributed by atoms with E-state index in [-0.39, 0.29) is 6.54 Å². The van der Waals surface area contributed by atoms with Gasteiger partial charge >= 0.3 is 11.8 Å². The molecule has 5 nitrogen and oxygen atoms in total. The van der Waals surface area contributed by atoms with Crippen molar-refractivity contribution in [3.8, 4) is 0 Å². The first kappa shape index (κ1) is 17.2. The highest BCUT2D eigenvalue weighted by Crippen LogP contribution is 2.19. The molecule has 2 rings (SSSR count). The molecular formula is C17H18BrN3O2. The summed E-state index contributed by atoms with van der Waals surface area (Å²) in [5.74, 6) is -1.37. The van der Waals surface area contributed by atoms with Crippen LogP contribution < -0.4 is 16.4 Å². The minimum atomic E-state index is -0.693. The van der Waals surface area contributed by atoms with Crippen LogP contribution in [0, 0.1) is 6.92 Å². The van der Waals surface area contributed by atoms with Gasteiger partial charge in [-0.1, -0.05) is 40.2 Å². The lowest BCUT2D eigenvalue weighted by Gasteiger charge is -2.08. The van der Waals surface area contributed by atoms with Crippen molar-refractivity contribution in [1.82, 2.24) is 5.32 Å². The highest BCUT2D eigenvalue weighted by molar-refractivity contribution is 9.10. The lowest BCUT2D eigenvalue weighted by molar-refractivity contribution is -0.136. The fraction of sp³-hybridized carbons (Fsp3) is 0.176. The maximum Gasteiger partial charge on any atom is 0.313 e. The van der Waals surface area contributed by atoms with Crippen molar-refractivity contribution >= 4 is 33.4 Å². The van der Waals surface area contributed by atoms with Crippen LogP contribution in [-0.4, -0.2) is 11.8 Å². The molecule has 0 saturated heterocycles. The maximum absolute atomic E-state index is 11.9. The number of nitrogens with two attached hydrogens (primary N) is 1. The Labute approximate surface area is 143 Å². The Balaban J connectivity index is 1.91. The largest absolute Gasteiger partial charge is 0.344 e.